The predicted molar refractivity (Wildman–Crippen MR) is 93.9 cm³/mol. The SMILES string of the molecule is CCCCCCCCCCCCC=CC=CC1CCC(=O)O1. The van der Waals surface area contributed by atoms with E-state index in [9.17, 15) is 4.79 Å². The molecule has 1 rings (SSSR count). The van der Waals surface area contributed by atoms with Crippen LogP contribution in [0.2, 0.25) is 0 Å². The first-order chi connectivity index (χ1) is 10.8. The van der Waals surface area contributed by atoms with Gasteiger partial charge in [-0.25, -0.2) is 0 Å². The lowest BCUT2D eigenvalue weighted by atomic mass is 10.1. The van der Waals surface area contributed by atoms with Crippen molar-refractivity contribution >= 4 is 5.97 Å². The van der Waals surface area contributed by atoms with Crippen LogP contribution in [0.5, 0.6) is 0 Å². The zero-order valence-corrected chi connectivity index (χ0v) is 14.4. The maximum Gasteiger partial charge on any atom is 0.306 e. The highest BCUT2D eigenvalue weighted by Gasteiger charge is 2.19. The molecular formula is C20H34O2. The summed E-state index contributed by atoms with van der Waals surface area (Å²) in [6, 6.07) is 0. The van der Waals surface area contributed by atoms with Gasteiger partial charge >= 0.3 is 5.97 Å². The van der Waals surface area contributed by atoms with Gasteiger partial charge in [-0.05, 0) is 25.3 Å². The number of unbranched alkanes of at least 4 members (excludes halogenated alkanes) is 10. The van der Waals surface area contributed by atoms with Crippen molar-refractivity contribution in [2.75, 3.05) is 0 Å². The van der Waals surface area contributed by atoms with Crippen LogP contribution >= 0.6 is 0 Å². The standard InChI is InChI=1S/C20H34O2/c1-2-3-4-5-6-7-8-9-10-11-12-13-14-15-16-19-17-18-20(21)22-19/h13-16,19H,2-12,17-18H2,1H3. The van der Waals surface area contributed by atoms with Gasteiger partial charge < -0.3 is 4.74 Å². The highest BCUT2D eigenvalue weighted by Crippen LogP contribution is 2.14. The Morgan fingerprint density at radius 2 is 1.59 bits per heavy atom. The van der Waals surface area contributed by atoms with Crippen LogP contribution in [-0.2, 0) is 9.53 Å². The molecule has 2 nitrogen and oxygen atoms in total. The van der Waals surface area contributed by atoms with Gasteiger partial charge in [0.05, 0.1) is 0 Å². The highest BCUT2D eigenvalue weighted by molar-refractivity contribution is 5.71. The summed E-state index contributed by atoms with van der Waals surface area (Å²) in [6.45, 7) is 2.27. The normalized spacial score (nSPS) is 18.6. The zero-order chi connectivity index (χ0) is 15.9. The van der Waals surface area contributed by atoms with E-state index in [1.807, 2.05) is 12.2 Å². The largest absolute Gasteiger partial charge is 0.458 e. The molecule has 0 N–H and O–H groups in total. The van der Waals surface area contributed by atoms with Crippen LogP contribution in [-0.4, -0.2) is 12.1 Å². The quantitative estimate of drug-likeness (QED) is 0.233. The Bertz CT molecular complexity index is 331. The van der Waals surface area contributed by atoms with E-state index >= 15 is 0 Å². The molecule has 1 saturated heterocycles. The van der Waals surface area contributed by atoms with Crippen molar-refractivity contribution in [1.29, 1.82) is 0 Å². The summed E-state index contributed by atoms with van der Waals surface area (Å²) in [4.78, 5) is 10.9. The van der Waals surface area contributed by atoms with Crippen LogP contribution < -0.4 is 0 Å². The van der Waals surface area contributed by atoms with E-state index in [-0.39, 0.29) is 12.1 Å². The van der Waals surface area contributed by atoms with Gasteiger partial charge in [0.15, 0.2) is 0 Å². The lowest BCUT2D eigenvalue weighted by Crippen LogP contribution is -2.01. The Morgan fingerprint density at radius 1 is 0.955 bits per heavy atom. The van der Waals surface area contributed by atoms with Gasteiger partial charge in [-0.3, -0.25) is 4.79 Å². The first-order valence-corrected chi connectivity index (χ1v) is 9.35. The van der Waals surface area contributed by atoms with Gasteiger partial charge in [0, 0.05) is 6.42 Å². The van der Waals surface area contributed by atoms with Crippen molar-refractivity contribution < 1.29 is 9.53 Å². The summed E-state index contributed by atoms with van der Waals surface area (Å²) in [5.41, 5.74) is 0. The van der Waals surface area contributed by atoms with Crippen molar-refractivity contribution in [2.24, 2.45) is 0 Å². The van der Waals surface area contributed by atoms with E-state index in [0.29, 0.717) is 6.42 Å². The van der Waals surface area contributed by atoms with Gasteiger partial charge in [-0.15, -0.1) is 0 Å². The summed E-state index contributed by atoms with van der Waals surface area (Å²) in [6.07, 6.45) is 24.8. The summed E-state index contributed by atoms with van der Waals surface area (Å²) >= 11 is 0. The van der Waals surface area contributed by atoms with Crippen LogP contribution in [0.1, 0.15) is 90.4 Å². The first kappa shape index (κ1) is 19.0. The lowest BCUT2D eigenvalue weighted by Gasteiger charge is -2.01. The highest BCUT2D eigenvalue weighted by atomic mass is 16.5. The first-order valence-electron chi connectivity index (χ1n) is 9.35. The van der Waals surface area contributed by atoms with Gasteiger partial charge in [0.25, 0.3) is 0 Å². The fourth-order valence-corrected chi connectivity index (χ4v) is 2.79. The molecule has 126 valence electrons. The molecular weight excluding hydrogens is 272 g/mol. The number of carbonyl (C=O) groups excluding carboxylic acids is 1. The average Bonchev–Trinajstić information content (AvgIpc) is 2.93. The second kappa shape index (κ2) is 13.6. The van der Waals surface area contributed by atoms with E-state index in [0.717, 1.165) is 12.8 Å². The number of allylic oxidation sites excluding steroid dienone is 3. The Balaban J connectivity index is 1.82. The van der Waals surface area contributed by atoms with Crippen molar-refractivity contribution in [1.82, 2.24) is 0 Å². The van der Waals surface area contributed by atoms with E-state index in [2.05, 4.69) is 19.1 Å². The van der Waals surface area contributed by atoms with E-state index in [1.54, 1.807) is 0 Å². The third-order valence-corrected chi connectivity index (χ3v) is 4.21. The molecule has 1 aliphatic heterocycles. The number of hydrogen-bond acceptors (Lipinski definition) is 2. The number of cyclic esters (lactones) is 1. The van der Waals surface area contributed by atoms with Gasteiger partial charge in [-0.2, -0.15) is 0 Å². The molecule has 0 aromatic heterocycles. The van der Waals surface area contributed by atoms with Gasteiger partial charge in [-0.1, -0.05) is 82.9 Å². The summed E-state index contributed by atoms with van der Waals surface area (Å²) in [7, 11) is 0. The smallest absolute Gasteiger partial charge is 0.306 e. The molecule has 0 amide bonds. The monoisotopic (exact) mass is 306 g/mol. The predicted octanol–water partition coefficient (Wildman–Crippen LogP) is 6.12. The Kier molecular flexibility index (Phi) is 11.7. The van der Waals surface area contributed by atoms with Crippen LogP contribution in [0.15, 0.2) is 24.3 Å². The minimum absolute atomic E-state index is 0.00877. The van der Waals surface area contributed by atoms with Gasteiger partial charge in [0.2, 0.25) is 0 Å². The molecule has 1 unspecified atom stereocenters. The topological polar surface area (TPSA) is 26.3 Å². The maximum absolute atomic E-state index is 10.9. The van der Waals surface area contributed by atoms with Crippen LogP contribution in [0.25, 0.3) is 0 Å². The van der Waals surface area contributed by atoms with Crippen LogP contribution in [0.3, 0.4) is 0 Å². The Labute approximate surface area is 137 Å². The van der Waals surface area contributed by atoms with Crippen LogP contribution in [0.4, 0.5) is 0 Å². The third-order valence-electron chi connectivity index (χ3n) is 4.21. The number of rotatable bonds is 13. The van der Waals surface area contributed by atoms with Crippen LogP contribution in [0, 0.1) is 0 Å². The summed E-state index contributed by atoms with van der Waals surface area (Å²) < 4.78 is 5.12. The Morgan fingerprint density at radius 3 is 2.18 bits per heavy atom. The minimum atomic E-state index is -0.0657. The summed E-state index contributed by atoms with van der Waals surface area (Å²) in [5.74, 6) is -0.0657. The number of esters is 1. The van der Waals surface area contributed by atoms with Crippen molar-refractivity contribution in [3.05, 3.63) is 24.3 Å². The number of hydrogen-bond donors (Lipinski definition) is 0. The van der Waals surface area contributed by atoms with Crippen molar-refractivity contribution in [2.45, 2.75) is 96.5 Å². The third kappa shape index (κ3) is 10.6. The van der Waals surface area contributed by atoms with Crippen molar-refractivity contribution in [3.8, 4) is 0 Å². The fraction of sp³-hybridized carbons (Fsp3) is 0.750. The maximum atomic E-state index is 10.9. The molecule has 2 heteroatoms. The molecule has 0 saturated carbocycles. The zero-order valence-electron chi connectivity index (χ0n) is 14.4. The molecule has 0 aromatic carbocycles. The molecule has 0 radical (unpaired) electrons. The average molecular weight is 306 g/mol. The molecule has 22 heavy (non-hydrogen) atoms. The number of carbonyl (C=O) groups is 1. The molecule has 1 aliphatic rings. The molecule has 1 heterocycles. The second-order valence-electron chi connectivity index (χ2n) is 6.35. The number of ether oxygens (including phenoxy) is 1. The van der Waals surface area contributed by atoms with Gasteiger partial charge in [0.1, 0.15) is 6.10 Å². The minimum Gasteiger partial charge on any atom is -0.458 e. The molecule has 0 spiro atoms. The molecule has 1 fully saturated rings. The van der Waals surface area contributed by atoms with E-state index in [4.69, 9.17) is 4.74 Å². The molecule has 0 bridgehead atoms. The Hall–Kier alpha value is -1.05. The lowest BCUT2D eigenvalue weighted by molar-refractivity contribution is -0.139. The summed E-state index contributed by atoms with van der Waals surface area (Å²) in [5, 5.41) is 0. The van der Waals surface area contributed by atoms with E-state index < -0.39 is 0 Å². The second-order valence-corrected chi connectivity index (χ2v) is 6.35. The molecule has 0 aliphatic carbocycles. The molecule has 1 atom stereocenters. The van der Waals surface area contributed by atoms with E-state index in [1.165, 1.54) is 64.2 Å². The van der Waals surface area contributed by atoms with Crippen molar-refractivity contribution in [3.63, 3.8) is 0 Å². The molecule has 0 aromatic rings. The fourth-order valence-electron chi connectivity index (χ4n) is 2.79.